The largest absolute Gasteiger partial charge is 0.516 e. The first-order chi connectivity index (χ1) is 14.8. The quantitative estimate of drug-likeness (QED) is 0.190. The van der Waals surface area contributed by atoms with Crippen LogP contribution in [0.3, 0.4) is 0 Å². The summed E-state index contributed by atoms with van der Waals surface area (Å²) in [7, 11) is 0. The Morgan fingerprint density at radius 2 is 1.17 bits per heavy atom. The van der Waals surface area contributed by atoms with Crippen LogP contribution >= 0.6 is 0 Å². The summed E-state index contributed by atoms with van der Waals surface area (Å²) in [6.07, 6.45) is 32.9. The van der Waals surface area contributed by atoms with Gasteiger partial charge in [-0.05, 0) is 102 Å². The minimum atomic E-state index is 0.490. The van der Waals surface area contributed by atoms with E-state index in [0.717, 1.165) is 18.3 Å². The Kier molecular flexibility index (Phi) is 14.1. The molecule has 0 bridgehead atoms. The molecule has 4 N–H and O–H groups in total. The molecule has 3 nitrogen and oxygen atoms in total. The van der Waals surface area contributed by atoms with Crippen LogP contribution in [-0.2, 0) is 0 Å². The molecule has 0 heterocycles. The number of aliphatic hydroxyl groups excluding tert-OH is 1. The van der Waals surface area contributed by atoms with Gasteiger partial charge in [-0.2, -0.15) is 0 Å². The molecule has 0 atom stereocenters. The first kappa shape index (κ1) is 25.3. The second kappa shape index (κ2) is 16.7. The summed E-state index contributed by atoms with van der Waals surface area (Å²) in [5.74, 6) is 1.94. The van der Waals surface area contributed by atoms with Crippen molar-refractivity contribution >= 4 is 0 Å². The van der Waals surface area contributed by atoms with Gasteiger partial charge in [0.25, 0.3) is 0 Å². The molecule has 2 fully saturated rings. The van der Waals surface area contributed by atoms with E-state index in [2.05, 4.69) is 17.6 Å². The highest BCUT2D eigenvalue weighted by Crippen LogP contribution is 2.35. The van der Waals surface area contributed by atoms with Crippen LogP contribution in [0, 0.1) is 11.8 Å². The molecule has 0 aliphatic heterocycles. The van der Waals surface area contributed by atoms with Crippen molar-refractivity contribution in [1.29, 1.82) is 0 Å². The maximum atomic E-state index is 8.58. The highest BCUT2D eigenvalue weighted by atomic mass is 16.2. The van der Waals surface area contributed by atoms with Gasteiger partial charge in [-0.1, -0.05) is 50.7 Å². The summed E-state index contributed by atoms with van der Waals surface area (Å²) < 4.78 is 0. The molecule has 30 heavy (non-hydrogen) atoms. The fraction of sp³-hybridized carbons (Fsp3) is 0.852. The molecular formula is C27H50N2O. The van der Waals surface area contributed by atoms with Crippen LogP contribution in [0.25, 0.3) is 0 Å². The van der Waals surface area contributed by atoms with E-state index in [1.54, 1.807) is 0 Å². The van der Waals surface area contributed by atoms with Crippen molar-refractivity contribution < 1.29 is 5.11 Å². The molecule has 0 spiro atoms. The standard InChI is InChI=1S/C27H50N2O/c28-26-17-13-24(14-18-26)23-25-15-19-27(20-16-25)29-21-11-9-7-5-3-1-2-4-6-8-10-12-22-30/h11-12,21-22,24-27,29-30H,1-10,13-20,23,28H2. The van der Waals surface area contributed by atoms with Crippen LogP contribution in [0.2, 0.25) is 0 Å². The zero-order valence-electron chi connectivity index (χ0n) is 19.6. The number of hydrogen-bond acceptors (Lipinski definition) is 3. The highest BCUT2D eigenvalue weighted by molar-refractivity contribution is 4.87. The highest BCUT2D eigenvalue weighted by Gasteiger charge is 2.25. The third-order valence-electron chi connectivity index (χ3n) is 7.45. The average molecular weight is 419 g/mol. The Balaban J connectivity index is 1.36. The zero-order valence-corrected chi connectivity index (χ0v) is 19.6. The average Bonchev–Trinajstić information content (AvgIpc) is 2.77. The van der Waals surface area contributed by atoms with Gasteiger partial charge < -0.3 is 16.2 Å². The number of nitrogens with two attached hydrogens (primary N) is 1. The molecule has 2 aliphatic rings. The van der Waals surface area contributed by atoms with E-state index in [1.807, 2.05) is 6.08 Å². The molecule has 2 saturated carbocycles. The Morgan fingerprint density at radius 1 is 0.667 bits per heavy atom. The number of allylic oxidation sites excluding steroid dienone is 2. The number of hydrogen-bond donors (Lipinski definition) is 3. The number of aliphatic hydroxyl groups is 1. The normalized spacial score (nSPS) is 27.8. The Hall–Kier alpha value is -0.960. The third kappa shape index (κ3) is 12.0. The fourth-order valence-electron chi connectivity index (χ4n) is 5.41. The number of nitrogens with one attached hydrogen (secondary N) is 1. The zero-order chi connectivity index (χ0) is 21.3. The van der Waals surface area contributed by atoms with E-state index in [1.165, 1.54) is 122 Å². The Labute approximate surface area is 187 Å². The lowest BCUT2D eigenvalue weighted by Crippen LogP contribution is -2.31. The van der Waals surface area contributed by atoms with Crippen LogP contribution < -0.4 is 11.1 Å². The van der Waals surface area contributed by atoms with Gasteiger partial charge in [-0.3, -0.25) is 0 Å². The van der Waals surface area contributed by atoms with Gasteiger partial charge in [-0.15, -0.1) is 0 Å². The second-order valence-electron chi connectivity index (χ2n) is 10.1. The molecule has 2 aliphatic carbocycles. The molecule has 0 aromatic heterocycles. The predicted octanol–water partition coefficient (Wildman–Crippen LogP) is 7.53. The van der Waals surface area contributed by atoms with Crippen molar-refractivity contribution in [2.45, 2.75) is 134 Å². The van der Waals surface area contributed by atoms with Crippen molar-refractivity contribution in [3.8, 4) is 0 Å². The van der Waals surface area contributed by atoms with Crippen molar-refractivity contribution in [3.63, 3.8) is 0 Å². The molecule has 0 radical (unpaired) electrons. The van der Waals surface area contributed by atoms with Gasteiger partial charge in [0.15, 0.2) is 0 Å². The lowest BCUT2D eigenvalue weighted by molar-refractivity contribution is 0.219. The van der Waals surface area contributed by atoms with E-state index in [4.69, 9.17) is 10.8 Å². The third-order valence-corrected chi connectivity index (χ3v) is 7.45. The molecule has 0 amide bonds. The first-order valence-electron chi connectivity index (χ1n) is 13.2. The molecule has 0 unspecified atom stereocenters. The molecule has 0 aromatic carbocycles. The van der Waals surface area contributed by atoms with E-state index < -0.39 is 0 Å². The SMILES string of the molecule is NC1CCC(CC2CCC(NC=CCCCCCCCCCCC=CO)CC2)CC1. The van der Waals surface area contributed by atoms with E-state index in [9.17, 15) is 0 Å². The van der Waals surface area contributed by atoms with Crippen LogP contribution in [-0.4, -0.2) is 17.2 Å². The Bertz CT molecular complexity index is 446. The number of rotatable bonds is 15. The molecular weight excluding hydrogens is 368 g/mol. The minimum absolute atomic E-state index is 0.490. The van der Waals surface area contributed by atoms with Crippen LogP contribution in [0.5, 0.6) is 0 Å². The molecule has 174 valence electrons. The summed E-state index contributed by atoms with van der Waals surface area (Å²) in [5.41, 5.74) is 6.05. The van der Waals surface area contributed by atoms with Gasteiger partial charge >= 0.3 is 0 Å². The summed E-state index contributed by atoms with van der Waals surface area (Å²) in [6, 6.07) is 1.20. The van der Waals surface area contributed by atoms with Gasteiger partial charge in [-0.25, -0.2) is 0 Å². The van der Waals surface area contributed by atoms with E-state index >= 15 is 0 Å². The molecule has 0 saturated heterocycles. The molecule has 2 rings (SSSR count). The van der Waals surface area contributed by atoms with Gasteiger partial charge in [0.2, 0.25) is 0 Å². The first-order valence-corrected chi connectivity index (χ1v) is 13.2. The lowest BCUT2D eigenvalue weighted by Gasteiger charge is -2.33. The van der Waals surface area contributed by atoms with E-state index in [-0.39, 0.29) is 0 Å². The topological polar surface area (TPSA) is 58.3 Å². The lowest BCUT2D eigenvalue weighted by atomic mass is 9.76. The van der Waals surface area contributed by atoms with Crippen LogP contribution in [0.1, 0.15) is 122 Å². The number of unbranched alkanes of at least 4 members (excludes halogenated alkanes) is 9. The monoisotopic (exact) mass is 418 g/mol. The molecule has 3 heteroatoms. The van der Waals surface area contributed by atoms with Gasteiger partial charge in [0, 0.05) is 12.1 Å². The fourth-order valence-corrected chi connectivity index (χ4v) is 5.41. The summed E-state index contributed by atoms with van der Waals surface area (Å²) in [5, 5.41) is 12.3. The minimum Gasteiger partial charge on any atom is -0.516 e. The van der Waals surface area contributed by atoms with Gasteiger partial charge in [0.05, 0.1) is 6.26 Å². The summed E-state index contributed by atoms with van der Waals surface area (Å²) in [6.45, 7) is 0. The smallest absolute Gasteiger partial charge is 0.0751 e. The Morgan fingerprint density at radius 3 is 1.73 bits per heavy atom. The van der Waals surface area contributed by atoms with Crippen molar-refractivity contribution in [2.75, 3.05) is 0 Å². The molecule has 0 aromatic rings. The van der Waals surface area contributed by atoms with Crippen LogP contribution in [0.15, 0.2) is 24.6 Å². The van der Waals surface area contributed by atoms with Crippen molar-refractivity contribution in [3.05, 3.63) is 24.6 Å². The maximum absolute atomic E-state index is 8.58. The second-order valence-corrected chi connectivity index (χ2v) is 10.1. The van der Waals surface area contributed by atoms with Crippen molar-refractivity contribution in [1.82, 2.24) is 5.32 Å². The van der Waals surface area contributed by atoms with E-state index in [0.29, 0.717) is 12.1 Å². The summed E-state index contributed by atoms with van der Waals surface area (Å²) >= 11 is 0. The summed E-state index contributed by atoms with van der Waals surface area (Å²) in [4.78, 5) is 0. The van der Waals surface area contributed by atoms with Gasteiger partial charge in [0.1, 0.15) is 0 Å². The van der Waals surface area contributed by atoms with Crippen molar-refractivity contribution in [2.24, 2.45) is 17.6 Å². The predicted molar refractivity (Wildman–Crippen MR) is 131 cm³/mol. The van der Waals surface area contributed by atoms with Crippen LogP contribution in [0.4, 0.5) is 0 Å². The maximum Gasteiger partial charge on any atom is 0.0751 e.